The number of halogens is 1. The lowest BCUT2D eigenvalue weighted by Crippen LogP contribution is -2.40. The van der Waals surface area contributed by atoms with E-state index in [-0.39, 0.29) is 46.0 Å². The van der Waals surface area contributed by atoms with Gasteiger partial charge in [-0.3, -0.25) is 4.79 Å². The summed E-state index contributed by atoms with van der Waals surface area (Å²) in [6, 6.07) is 6.47. The van der Waals surface area contributed by atoms with Crippen LogP contribution >= 0.6 is 0 Å². The first-order chi connectivity index (χ1) is 15.7. The van der Waals surface area contributed by atoms with E-state index in [4.69, 9.17) is 9.47 Å². The Morgan fingerprint density at radius 3 is 2.52 bits per heavy atom. The van der Waals surface area contributed by atoms with Crippen molar-refractivity contribution in [1.82, 2.24) is 14.3 Å². The minimum atomic E-state index is -3.80. The average Bonchev–Trinajstić information content (AvgIpc) is 2.80. The van der Waals surface area contributed by atoms with Crippen LogP contribution in [0.2, 0.25) is 0 Å². The topological polar surface area (TPSA) is 111 Å². The molecule has 1 fully saturated rings. The number of sulfonamides is 1. The van der Waals surface area contributed by atoms with Crippen LogP contribution in [0.15, 0.2) is 35.2 Å². The standard InChI is InChI=1S/C22H23FN4O5S/c1-13-14(2)25-21-17(10-15(23)11-19(21)24-13)22(28)26-18-12-16(4-5-20(18)31-3)33(29,30)27-6-8-32-9-7-27/h4-5,10-12H,6-9H2,1-3H3,(H,26,28). The molecule has 0 atom stereocenters. The van der Waals surface area contributed by atoms with Crippen LogP contribution in [0.3, 0.4) is 0 Å². The molecule has 1 aliphatic rings. The fourth-order valence-electron chi connectivity index (χ4n) is 3.54. The predicted molar refractivity (Wildman–Crippen MR) is 119 cm³/mol. The minimum absolute atomic E-state index is 0.00383. The molecule has 1 aliphatic heterocycles. The smallest absolute Gasteiger partial charge is 0.258 e. The number of anilines is 1. The second-order valence-corrected chi connectivity index (χ2v) is 9.49. The predicted octanol–water partition coefficient (Wildman–Crippen LogP) is 2.67. The number of benzene rings is 2. The Morgan fingerprint density at radius 1 is 1.12 bits per heavy atom. The van der Waals surface area contributed by atoms with Gasteiger partial charge in [0.2, 0.25) is 10.0 Å². The van der Waals surface area contributed by atoms with Crippen molar-refractivity contribution in [1.29, 1.82) is 0 Å². The molecule has 174 valence electrons. The third-order valence-electron chi connectivity index (χ3n) is 5.42. The number of aromatic nitrogens is 2. The maximum absolute atomic E-state index is 14.2. The molecule has 0 aliphatic carbocycles. The van der Waals surface area contributed by atoms with Crippen molar-refractivity contribution < 1.29 is 27.1 Å². The van der Waals surface area contributed by atoms with Gasteiger partial charge in [-0.25, -0.2) is 22.8 Å². The summed E-state index contributed by atoms with van der Waals surface area (Å²) >= 11 is 0. The third-order valence-corrected chi connectivity index (χ3v) is 7.31. The molecular weight excluding hydrogens is 451 g/mol. The summed E-state index contributed by atoms with van der Waals surface area (Å²) in [5.41, 5.74) is 1.84. The molecule has 33 heavy (non-hydrogen) atoms. The van der Waals surface area contributed by atoms with E-state index in [1.54, 1.807) is 13.8 Å². The zero-order valence-corrected chi connectivity index (χ0v) is 19.2. The number of nitrogens with zero attached hydrogens (tertiary/aromatic N) is 3. The molecule has 2 aromatic carbocycles. The lowest BCUT2D eigenvalue weighted by molar-refractivity contribution is 0.0730. The lowest BCUT2D eigenvalue weighted by Gasteiger charge is -2.26. The first-order valence-corrected chi connectivity index (χ1v) is 11.7. The number of carbonyl (C=O) groups is 1. The molecule has 0 saturated carbocycles. The number of hydrogen-bond donors (Lipinski definition) is 1. The summed E-state index contributed by atoms with van der Waals surface area (Å²) in [6.07, 6.45) is 0. The van der Waals surface area contributed by atoms with Crippen LogP contribution in [0, 0.1) is 19.7 Å². The highest BCUT2D eigenvalue weighted by Crippen LogP contribution is 2.30. The highest BCUT2D eigenvalue weighted by molar-refractivity contribution is 7.89. The van der Waals surface area contributed by atoms with E-state index in [0.29, 0.717) is 24.6 Å². The summed E-state index contributed by atoms with van der Waals surface area (Å²) < 4.78 is 52.1. The van der Waals surface area contributed by atoms with Gasteiger partial charge < -0.3 is 14.8 Å². The van der Waals surface area contributed by atoms with Gasteiger partial charge in [-0.15, -0.1) is 0 Å². The van der Waals surface area contributed by atoms with E-state index in [2.05, 4.69) is 15.3 Å². The van der Waals surface area contributed by atoms with Gasteiger partial charge in [0.25, 0.3) is 5.91 Å². The van der Waals surface area contributed by atoms with Crippen molar-refractivity contribution in [3.63, 3.8) is 0 Å². The van der Waals surface area contributed by atoms with Crippen LogP contribution in [-0.4, -0.2) is 62.0 Å². The molecule has 1 saturated heterocycles. The van der Waals surface area contributed by atoms with Crippen molar-refractivity contribution in [2.24, 2.45) is 0 Å². The average molecular weight is 475 g/mol. The molecule has 0 unspecified atom stereocenters. The molecule has 1 aromatic heterocycles. The Hall–Kier alpha value is -3.15. The van der Waals surface area contributed by atoms with Crippen molar-refractivity contribution in [3.05, 3.63) is 53.1 Å². The largest absolute Gasteiger partial charge is 0.495 e. The quantitative estimate of drug-likeness (QED) is 0.605. The molecule has 0 spiro atoms. The first kappa shape index (κ1) is 23.0. The Morgan fingerprint density at radius 2 is 1.82 bits per heavy atom. The van der Waals surface area contributed by atoms with Crippen LogP contribution in [-0.2, 0) is 14.8 Å². The number of morpholine rings is 1. The SMILES string of the molecule is COc1ccc(S(=O)(=O)N2CCOCC2)cc1NC(=O)c1cc(F)cc2nc(C)c(C)nc12. The zero-order chi connectivity index (χ0) is 23.8. The van der Waals surface area contributed by atoms with Crippen LogP contribution in [0.5, 0.6) is 5.75 Å². The number of nitrogens with one attached hydrogen (secondary N) is 1. The monoisotopic (exact) mass is 474 g/mol. The van der Waals surface area contributed by atoms with E-state index in [1.807, 2.05) is 0 Å². The summed E-state index contributed by atoms with van der Waals surface area (Å²) in [4.78, 5) is 21.8. The van der Waals surface area contributed by atoms with Gasteiger partial charge in [0.05, 0.1) is 53.4 Å². The summed E-state index contributed by atoms with van der Waals surface area (Å²) in [5, 5.41) is 2.64. The normalized spacial score (nSPS) is 14.9. The molecule has 1 amide bonds. The first-order valence-electron chi connectivity index (χ1n) is 10.2. The summed E-state index contributed by atoms with van der Waals surface area (Å²) in [6.45, 7) is 4.59. The number of fused-ring (bicyclic) bond motifs is 1. The maximum Gasteiger partial charge on any atom is 0.258 e. The van der Waals surface area contributed by atoms with Gasteiger partial charge in [-0.05, 0) is 38.1 Å². The number of amides is 1. The Bertz CT molecular complexity index is 1340. The summed E-state index contributed by atoms with van der Waals surface area (Å²) in [5.74, 6) is -1.06. The number of carbonyl (C=O) groups excluding carboxylic acids is 1. The molecular formula is C22H23FN4O5S. The van der Waals surface area contributed by atoms with E-state index in [0.717, 1.165) is 6.07 Å². The van der Waals surface area contributed by atoms with E-state index >= 15 is 0 Å². The van der Waals surface area contributed by atoms with Crippen molar-refractivity contribution in [3.8, 4) is 5.75 Å². The second-order valence-electron chi connectivity index (χ2n) is 7.55. The Balaban J connectivity index is 1.73. The molecule has 0 bridgehead atoms. The van der Waals surface area contributed by atoms with Gasteiger partial charge >= 0.3 is 0 Å². The molecule has 9 nitrogen and oxygen atoms in total. The lowest BCUT2D eigenvalue weighted by atomic mass is 10.1. The Kier molecular flexibility index (Phi) is 6.28. The van der Waals surface area contributed by atoms with E-state index in [1.165, 1.54) is 35.7 Å². The highest BCUT2D eigenvalue weighted by Gasteiger charge is 2.27. The highest BCUT2D eigenvalue weighted by atomic mass is 32.2. The molecule has 3 aromatic rings. The van der Waals surface area contributed by atoms with Crippen LogP contribution in [0.4, 0.5) is 10.1 Å². The van der Waals surface area contributed by atoms with E-state index in [9.17, 15) is 17.6 Å². The number of ether oxygens (including phenoxy) is 2. The van der Waals surface area contributed by atoms with Crippen LogP contribution in [0.1, 0.15) is 21.7 Å². The fourth-order valence-corrected chi connectivity index (χ4v) is 4.98. The molecule has 0 radical (unpaired) electrons. The van der Waals surface area contributed by atoms with Crippen LogP contribution < -0.4 is 10.1 Å². The molecule has 11 heteroatoms. The molecule has 2 heterocycles. The fraction of sp³-hybridized carbons (Fsp3) is 0.318. The third kappa shape index (κ3) is 4.52. The van der Waals surface area contributed by atoms with Crippen LogP contribution in [0.25, 0.3) is 11.0 Å². The number of methoxy groups -OCH3 is 1. The van der Waals surface area contributed by atoms with Crippen molar-refractivity contribution in [2.45, 2.75) is 18.7 Å². The molecule has 4 rings (SSSR count). The number of aryl methyl sites for hydroxylation is 2. The summed E-state index contributed by atoms with van der Waals surface area (Å²) in [7, 11) is -2.40. The van der Waals surface area contributed by atoms with Gasteiger partial charge in [0.15, 0.2) is 0 Å². The maximum atomic E-state index is 14.2. The Labute approximate surface area is 190 Å². The van der Waals surface area contributed by atoms with E-state index < -0.39 is 21.7 Å². The van der Waals surface area contributed by atoms with Crippen molar-refractivity contribution >= 4 is 32.7 Å². The minimum Gasteiger partial charge on any atom is -0.495 e. The van der Waals surface area contributed by atoms with Gasteiger partial charge in [0.1, 0.15) is 17.1 Å². The molecule has 1 N–H and O–H groups in total. The number of hydrogen-bond acceptors (Lipinski definition) is 7. The van der Waals surface area contributed by atoms with Crippen molar-refractivity contribution in [2.75, 3.05) is 38.7 Å². The second kappa shape index (κ2) is 9.00. The zero-order valence-electron chi connectivity index (χ0n) is 18.4. The van der Waals surface area contributed by atoms with Gasteiger partial charge in [-0.1, -0.05) is 0 Å². The van der Waals surface area contributed by atoms with Gasteiger partial charge in [-0.2, -0.15) is 4.31 Å². The number of rotatable bonds is 5. The van der Waals surface area contributed by atoms with Gasteiger partial charge in [0, 0.05) is 19.2 Å².